The van der Waals surface area contributed by atoms with Crippen molar-refractivity contribution in [3.05, 3.63) is 18.1 Å². The first-order chi connectivity index (χ1) is 10.3. The molecule has 0 radical (unpaired) electrons. The first-order valence-corrected chi connectivity index (χ1v) is 9.14. The van der Waals surface area contributed by atoms with Crippen molar-refractivity contribution in [1.82, 2.24) is 15.3 Å². The van der Waals surface area contributed by atoms with Gasteiger partial charge in [-0.3, -0.25) is 4.79 Å². The standard InChI is InChI=1S/C14H22N4O3S/c1-10(2)7-15-14(19)12-6-13(17-9-16-12)18(3)11-4-5-22(20,21)8-11/h6,9-11H,4-5,7-8H2,1-3H3,(H,15,19). The molecular formula is C14H22N4O3S. The van der Waals surface area contributed by atoms with E-state index >= 15 is 0 Å². The van der Waals surface area contributed by atoms with Gasteiger partial charge in [0.1, 0.15) is 17.8 Å². The number of carbonyl (C=O) groups is 1. The van der Waals surface area contributed by atoms with Crippen LogP contribution in [0.2, 0.25) is 0 Å². The fourth-order valence-electron chi connectivity index (χ4n) is 2.32. The Hall–Kier alpha value is -1.70. The van der Waals surface area contributed by atoms with Gasteiger partial charge in [-0.2, -0.15) is 0 Å². The van der Waals surface area contributed by atoms with Crippen molar-refractivity contribution in [2.45, 2.75) is 26.3 Å². The van der Waals surface area contributed by atoms with Crippen molar-refractivity contribution in [2.24, 2.45) is 5.92 Å². The summed E-state index contributed by atoms with van der Waals surface area (Å²) in [6, 6.07) is 1.49. The fraction of sp³-hybridized carbons (Fsp3) is 0.643. The number of hydrogen-bond donors (Lipinski definition) is 1. The lowest BCUT2D eigenvalue weighted by Crippen LogP contribution is -2.34. The summed E-state index contributed by atoms with van der Waals surface area (Å²) in [5.41, 5.74) is 0.290. The first-order valence-electron chi connectivity index (χ1n) is 7.32. The van der Waals surface area contributed by atoms with Crippen LogP contribution >= 0.6 is 0 Å². The van der Waals surface area contributed by atoms with Gasteiger partial charge in [-0.1, -0.05) is 13.8 Å². The van der Waals surface area contributed by atoms with Gasteiger partial charge >= 0.3 is 0 Å². The maximum Gasteiger partial charge on any atom is 0.270 e. The second-order valence-corrected chi connectivity index (χ2v) is 8.26. The van der Waals surface area contributed by atoms with E-state index in [4.69, 9.17) is 0 Å². The molecule has 1 amide bonds. The van der Waals surface area contributed by atoms with E-state index in [2.05, 4.69) is 15.3 Å². The Morgan fingerprint density at radius 2 is 2.18 bits per heavy atom. The van der Waals surface area contributed by atoms with Crippen molar-refractivity contribution in [3.8, 4) is 0 Å². The summed E-state index contributed by atoms with van der Waals surface area (Å²) in [5.74, 6) is 1.00. The van der Waals surface area contributed by atoms with E-state index in [1.807, 2.05) is 18.7 Å². The molecule has 1 aromatic heterocycles. The number of anilines is 1. The molecule has 1 aliphatic heterocycles. The molecule has 22 heavy (non-hydrogen) atoms. The van der Waals surface area contributed by atoms with Crippen molar-refractivity contribution < 1.29 is 13.2 Å². The summed E-state index contributed by atoms with van der Waals surface area (Å²) in [6.07, 6.45) is 1.91. The highest BCUT2D eigenvalue weighted by molar-refractivity contribution is 7.91. The SMILES string of the molecule is CC(C)CNC(=O)c1cc(N(C)C2CCS(=O)(=O)C2)ncn1. The Morgan fingerprint density at radius 3 is 2.77 bits per heavy atom. The van der Waals surface area contributed by atoms with E-state index in [1.54, 1.807) is 13.1 Å². The van der Waals surface area contributed by atoms with Crippen LogP contribution in [-0.4, -0.2) is 55.4 Å². The second-order valence-electron chi connectivity index (χ2n) is 6.03. The summed E-state index contributed by atoms with van der Waals surface area (Å²) in [7, 11) is -1.16. The monoisotopic (exact) mass is 326 g/mol. The van der Waals surface area contributed by atoms with E-state index in [9.17, 15) is 13.2 Å². The lowest BCUT2D eigenvalue weighted by Gasteiger charge is -2.24. The third-order valence-electron chi connectivity index (χ3n) is 3.67. The lowest BCUT2D eigenvalue weighted by molar-refractivity contribution is 0.0944. The normalized spacial score (nSPS) is 20.1. The molecule has 2 rings (SSSR count). The van der Waals surface area contributed by atoms with Crippen LogP contribution in [0, 0.1) is 5.92 Å². The molecular weight excluding hydrogens is 304 g/mol. The number of aromatic nitrogens is 2. The number of sulfone groups is 1. The maximum atomic E-state index is 12.0. The molecule has 0 aliphatic carbocycles. The fourth-order valence-corrected chi connectivity index (χ4v) is 4.09. The van der Waals surface area contributed by atoms with E-state index in [0.29, 0.717) is 30.4 Å². The van der Waals surface area contributed by atoms with Gasteiger partial charge in [-0.05, 0) is 12.3 Å². The van der Waals surface area contributed by atoms with Gasteiger partial charge in [0.05, 0.1) is 11.5 Å². The molecule has 2 heterocycles. The molecule has 7 nitrogen and oxygen atoms in total. The predicted octanol–water partition coefficient (Wildman–Crippen LogP) is 0.486. The number of rotatable bonds is 5. The highest BCUT2D eigenvalue weighted by Crippen LogP contribution is 2.21. The number of amides is 1. The topological polar surface area (TPSA) is 92.3 Å². The van der Waals surface area contributed by atoms with Gasteiger partial charge in [-0.15, -0.1) is 0 Å². The minimum atomic E-state index is -2.96. The van der Waals surface area contributed by atoms with Crippen LogP contribution in [-0.2, 0) is 9.84 Å². The Labute approximate surface area is 131 Å². The van der Waals surface area contributed by atoms with Gasteiger partial charge in [0, 0.05) is 25.7 Å². The van der Waals surface area contributed by atoms with Gasteiger partial charge in [0.2, 0.25) is 0 Å². The Bertz CT molecular complexity index is 645. The number of nitrogens with one attached hydrogen (secondary N) is 1. The smallest absolute Gasteiger partial charge is 0.270 e. The zero-order valence-electron chi connectivity index (χ0n) is 13.1. The van der Waals surface area contributed by atoms with Gasteiger partial charge < -0.3 is 10.2 Å². The highest BCUT2D eigenvalue weighted by Gasteiger charge is 2.31. The first kappa shape index (κ1) is 16.7. The summed E-state index contributed by atoms with van der Waals surface area (Å²) in [6.45, 7) is 4.61. The molecule has 1 saturated heterocycles. The number of hydrogen-bond acceptors (Lipinski definition) is 6. The zero-order chi connectivity index (χ0) is 16.3. The molecule has 1 aliphatic rings. The molecule has 1 fully saturated rings. The molecule has 1 aromatic rings. The van der Waals surface area contributed by atoms with Crippen LogP contribution < -0.4 is 10.2 Å². The average Bonchev–Trinajstić information content (AvgIpc) is 2.84. The van der Waals surface area contributed by atoms with Crippen molar-refractivity contribution >= 4 is 21.6 Å². The predicted molar refractivity (Wildman–Crippen MR) is 84.7 cm³/mol. The van der Waals surface area contributed by atoms with Crippen LogP contribution in [0.4, 0.5) is 5.82 Å². The van der Waals surface area contributed by atoms with Crippen LogP contribution in [0.25, 0.3) is 0 Å². The molecule has 1 atom stereocenters. The van der Waals surface area contributed by atoms with Crippen molar-refractivity contribution in [3.63, 3.8) is 0 Å². The van der Waals surface area contributed by atoms with Crippen LogP contribution in [0.5, 0.6) is 0 Å². The Kier molecular flexibility index (Phi) is 5.00. The maximum absolute atomic E-state index is 12.0. The third-order valence-corrected chi connectivity index (χ3v) is 5.42. The van der Waals surface area contributed by atoms with E-state index in [1.165, 1.54) is 6.33 Å². The molecule has 0 spiro atoms. The minimum absolute atomic E-state index is 0.105. The van der Waals surface area contributed by atoms with Crippen LogP contribution in [0.1, 0.15) is 30.8 Å². The quantitative estimate of drug-likeness (QED) is 0.846. The van der Waals surface area contributed by atoms with Gasteiger partial charge in [0.25, 0.3) is 5.91 Å². The Morgan fingerprint density at radius 1 is 1.45 bits per heavy atom. The molecule has 122 valence electrons. The molecule has 0 aromatic carbocycles. The number of nitrogens with zero attached hydrogens (tertiary/aromatic N) is 3. The average molecular weight is 326 g/mol. The van der Waals surface area contributed by atoms with E-state index in [0.717, 1.165) is 0 Å². The highest BCUT2D eigenvalue weighted by atomic mass is 32.2. The Balaban J connectivity index is 2.09. The van der Waals surface area contributed by atoms with Gasteiger partial charge in [0.15, 0.2) is 9.84 Å². The molecule has 1 N–H and O–H groups in total. The minimum Gasteiger partial charge on any atom is -0.356 e. The molecule has 0 saturated carbocycles. The van der Waals surface area contributed by atoms with Crippen LogP contribution in [0.15, 0.2) is 12.4 Å². The van der Waals surface area contributed by atoms with E-state index in [-0.39, 0.29) is 23.5 Å². The number of carbonyl (C=O) groups excluding carboxylic acids is 1. The molecule has 0 bridgehead atoms. The summed E-state index contributed by atoms with van der Waals surface area (Å²) >= 11 is 0. The lowest BCUT2D eigenvalue weighted by atomic mass is 10.2. The van der Waals surface area contributed by atoms with Gasteiger partial charge in [-0.25, -0.2) is 18.4 Å². The summed E-state index contributed by atoms with van der Waals surface area (Å²) in [4.78, 5) is 22.0. The molecule has 8 heteroatoms. The zero-order valence-corrected chi connectivity index (χ0v) is 13.9. The van der Waals surface area contributed by atoms with Crippen molar-refractivity contribution in [1.29, 1.82) is 0 Å². The molecule has 1 unspecified atom stereocenters. The largest absolute Gasteiger partial charge is 0.356 e. The summed E-state index contributed by atoms with van der Waals surface area (Å²) < 4.78 is 23.2. The van der Waals surface area contributed by atoms with E-state index < -0.39 is 9.84 Å². The van der Waals surface area contributed by atoms with Crippen molar-refractivity contribution in [2.75, 3.05) is 30.0 Å². The second kappa shape index (κ2) is 6.60. The van der Waals surface area contributed by atoms with Crippen LogP contribution in [0.3, 0.4) is 0 Å². The summed E-state index contributed by atoms with van der Waals surface area (Å²) in [5, 5.41) is 2.80. The third kappa shape index (κ3) is 4.16.